The van der Waals surface area contributed by atoms with Gasteiger partial charge in [-0.3, -0.25) is 0 Å². The van der Waals surface area contributed by atoms with Crippen LogP contribution in [-0.2, 0) is 5.41 Å². The highest BCUT2D eigenvalue weighted by Crippen LogP contribution is 2.71. The van der Waals surface area contributed by atoms with Crippen LogP contribution in [0, 0.1) is 23.7 Å². The second-order valence-corrected chi connectivity index (χ2v) is 19.8. The van der Waals surface area contributed by atoms with Gasteiger partial charge in [0.05, 0.1) is 11.1 Å². The Morgan fingerprint density at radius 3 is 1.59 bits per heavy atom. The second kappa shape index (κ2) is 13.5. The number of fused-ring (bicyclic) bond motifs is 12. The van der Waals surface area contributed by atoms with Crippen LogP contribution in [0.1, 0.15) is 43.2 Å². The normalized spacial score (nSPS) is 21.5. The first-order valence-corrected chi connectivity index (χ1v) is 24.1. The van der Waals surface area contributed by atoms with Crippen LogP contribution >= 0.6 is 0 Å². The molecule has 1 spiro atoms. The van der Waals surface area contributed by atoms with E-state index in [1.807, 2.05) is 72.8 Å². The summed E-state index contributed by atoms with van der Waals surface area (Å²) in [6, 6.07) is 56.9. The van der Waals surface area contributed by atoms with Crippen LogP contribution in [0.4, 0.5) is 0 Å². The molecule has 17 rings (SSSR count). The Bertz CT molecular complexity index is 3800. The van der Waals surface area contributed by atoms with Crippen LogP contribution < -0.4 is 9.47 Å². The molecule has 6 aliphatic rings. The number of rotatable bonds is 4. The summed E-state index contributed by atoms with van der Waals surface area (Å²) in [7, 11) is 0. The maximum atomic E-state index is 7.23. The van der Waals surface area contributed by atoms with E-state index in [-0.39, 0.29) is 5.41 Å². The standard InChI is InChI=1S/C61H41N3O4/c1-4-18-47-44(12-1)53-48(61(47)37-29-33-28-34(31-37)32-38(61)30-33)26-27-52-57(53)68-56-39(13-9-21-51(56)65-52)35-22-24-36(25-23-35)58-62-59(45-16-7-14-42-40-10-2-5-19-49(40)66-54(42)45)64-60(63-58)46-17-8-15-43-41-11-3-6-20-50(41)67-55(43)46/h1-27,33-34,37-38H,28-32H2. The van der Waals surface area contributed by atoms with Gasteiger partial charge in [0.15, 0.2) is 40.5 Å². The van der Waals surface area contributed by atoms with Gasteiger partial charge < -0.3 is 18.3 Å². The average Bonchev–Trinajstić information content (AvgIpc) is 4.06. The van der Waals surface area contributed by atoms with Crippen molar-refractivity contribution in [1.29, 1.82) is 0 Å². The van der Waals surface area contributed by atoms with Crippen LogP contribution in [0.2, 0.25) is 0 Å². The average molecular weight is 880 g/mol. The second-order valence-electron chi connectivity index (χ2n) is 19.8. The molecule has 5 aliphatic carbocycles. The first-order chi connectivity index (χ1) is 33.6. The molecule has 7 heteroatoms. The van der Waals surface area contributed by atoms with E-state index in [1.165, 1.54) is 54.4 Å². The summed E-state index contributed by atoms with van der Waals surface area (Å²) in [5.74, 6) is 7.69. The summed E-state index contributed by atoms with van der Waals surface area (Å²) in [4.78, 5) is 15.6. The predicted octanol–water partition coefficient (Wildman–Crippen LogP) is 16.0. The Labute approximate surface area is 391 Å². The summed E-state index contributed by atoms with van der Waals surface area (Å²) in [5, 5.41) is 4.10. The molecule has 4 bridgehead atoms. The van der Waals surface area contributed by atoms with Gasteiger partial charge in [0.2, 0.25) is 0 Å². The highest BCUT2D eigenvalue weighted by molar-refractivity contribution is 6.10. The fourth-order valence-electron chi connectivity index (χ4n) is 13.9. The third kappa shape index (κ3) is 5.00. The van der Waals surface area contributed by atoms with E-state index in [0.717, 1.165) is 101 Å². The van der Waals surface area contributed by atoms with Gasteiger partial charge in [0.1, 0.15) is 22.3 Å². The molecule has 0 amide bonds. The first kappa shape index (κ1) is 37.1. The molecule has 3 aromatic heterocycles. The summed E-state index contributed by atoms with van der Waals surface area (Å²) in [6.45, 7) is 0. The maximum absolute atomic E-state index is 7.23. The number of aromatic nitrogens is 3. The molecule has 4 heterocycles. The van der Waals surface area contributed by atoms with Gasteiger partial charge in [0.25, 0.3) is 0 Å². The molecular weight excluding hydrogens is 839 g/mol. The zero-order valence-corrected chi connectivity index (χ0v) is 36.9. The molecular formula is C61H41N3O4. The molecule has 0 atom stereocenters. The van der Waals surface area contributed by atoms with Crippen LogP contribution in [0.3, 0.4) is 0 Å². The molecule has 4 fully saturated rings. The SMILES string of the molecule is c1ccc2c(c1)-c1c(ccc3c1Oc1c(cccc1-c1ccc(-c4nc(-c5cccc6c5oc5ccccc56)nc(-c5cccc6c5oc5ccccc56)n4)cc1)O3)C21C2CC3CC(C2)CC1C3. The van der Waals surface area contributed by atoms with Gasteiger partial charge in [-0.2, -0.15) is 0 Å². The lowest BCUT2D eigenvalue weighted by molar-refractivity contribution is -0.0399. The number of para-hydroxylation sites is 5. The van der Waals surface area contributed by atoms with Gasteiger partial charge >= 0.3 is 0 Å². The van der Waals surface area contributed by atoms with E-state index in [2.05, 4.69) is 91.0 Å². The lowest BCUT2D eigenvalue weighted by Gasteiger charge is -2.61. The van der Waals surface area contributed by atoms with Crippen molar-refractivity contribution in [2.24, 2.45) is 23.7 Å². The van der Waals surface area contributed by atoms with Crippen molar-refractivity contribution in [3.63, 3.8) is 0 Å². The molecule has 8 aromatic carbocycles. The number of benzene rings is 8. The number of hydrogen-bond donors (Lipinski definition) is 0. The summed E-state index contributed by atoms with van der Waals surface area (Å²) < 4.78 is 27.1. The van der Waals surface area contributed by atoms with Gasteiger partial charge in [0, 0.05) is 43.7 Å². The minimum absolute atomic E-state index is 0.0409. The van der Waals surface area contributed by atoms with Crippen molar-refractivity contribution >= 4 is 43.9 Å². The molecule has 1 aliphatic heterocycles. The van der Waals surface area contributed by atoms with Gasteiger partial charge in [-0.15, -0.1) is 0 Å². The summed E-state index contributed by atoms with van der Waals surface area (Å²) in [6.07, 6.45) is 6.76. The lowest BCUT2D eigenvalue weighted by atomic mass is 9.43. The van der Waals surface area contributed by atoms with Gasteiger partial charge in [-0.1, -0.05) is 127 Å². The van der Waals surface area contributed by atoms with E-state index >= 15 is 0 Å². The largest absolute Gasteiger partial charge is 0.455 e. The predicted molar refractivity (Wildman–Crippen MR) is 266 cm³/mol. The van der Waals surface area contributed by atoms with Crippen molar-refractivity contribution in [1.82, 2.24) is 15.0 Å². The molecule has 324 valence electrons. The topological polar surface area (TPSA) is 83.4 Å². The number of nitrogens with zero attached hydrogens (tertiary/aromatic N) is 3. The molecule has 7 nitrogen and oxygen atoms in total. The van der Waals surface area contributed by atoms with Crippen LogP contribution in [0.15, 0.2) is 173 Å². The Hall–Kier alpha value is -8.03. The smallest absolute Gasteiger partial charge is 0.178 e. The fourth-order valence-corrected chi connectivity index (χ4v) is 13.9. The molecule has 0 radical (unpaired) electrons. The number of hydrogen-bond acceptors (Lipinski definition) is 7. The third-order valence-electron chi connectivity index (χ3n) is 16.4. The Morgan fingerprint density at radius 2 is 0.912 bits per heavy atom. The third-order valence-corrected chi connectivity index (χ3v) is 16.4. The maximum Gasteiger partial charge on any atom is 0.178 e. The Balaban J connectivity index is 0.816. The van der Waals surface area contributed by atoms with Crippen LogP contribution in [-0.4, -0.2) is 15.0 Å². The quantitative estimate of drug-likeness (QED) is 0.174. The number of furan rings is 2. The van der Waals surface area contributed by atoms with Crippen molar-refractivity contribution in [3.8, 4) is 79.4 Å². The highest BCUT2D eigenvalue weighted by Gasteiger charge is 2.62. The molecule has 11 aromatic rings. The van der Waals surface area contributed by atoms with E-state index < -0.39 is 0 Å². The molecule has 4 saturated carbocycles. The summed E-state index contributed by atoms with van der Waals surface area (Å²) in [5.41, 5.74) is 13.0. The van der Waals surface area contributed by atoms with Crippen LogP contribution in [0.25, 0.3) is 100 Å². The van der Waals surface area contributed by atoms with Crippen molar-refractivity contribution in [2.45, 2.75) is 37.5 Å². The minimum atomic E-state index is 0.0409. The van der Waals surface area contributed by atoms with E-state index in [0.29, 0.717) is 35.1 Å². The molecule has 68 heavy (non-hydrogen) atoms. The zero-order chi connectivity index (χ0) is 44.2. The number of ether oxygens (including phenoxy) is 2. The van der Waals surface area contributed by atoms with Gasteiger partial charge in [-0.05, 0) is 114 Å². The van der Waals surface area contributed by atoms with E-state index in [1.54, 1.807) is 0 Å². The monoisotopic (exact) mass is 879 g/mol. The zero-order valence-electron chi connectivity index (χ0n) is 36.9. The van der Waals surface area contributed by atoms with E-state index in [4.69, 9.17) is 33.3 Å². The van der Waals surface area contributed by atoms with Crippen molar-refractivity contribution < 1.29 is 18.3 Å². The Morgan fingerprint density at radius 1 is 0.382 bits per heavy atom. The Kier molecular flexibility index (Phi) is 7.39. The van der Waals surface area contributed by atoms with Crippen LogP contribution in [0.5, 0.6) is 23.0 Å². The molecule has 0 saturated heterocycles. The van der Waals surface area contributed by atoms with Crippen molar-refractivity contribution in [2.75, 3.05) is 0 Å². The van der Waals surface area contributed by atoms with E-state index in [9.17, 15) is 0 Å². The first-order valence-electron chi connectivity index (χ1n) is 24.1. The highest BCUT2D eigenvalue weighted by atomic mass is 16.6. The van der Waals surface area contributed by atoms with Gasteiger partial charge in [-0.25, -0.2) is 15.0 Å². The fraction of sp³-hybridized carbons (Fsp3) is 0.164. The lowest BCUT2D eigenvalue weighted by Crippen LogP contribution is -2.55. The minimum Gasteiger partial charge on any atom is -0.455 e. The van der Waals surface area contributed by atoms with Crippen molar-refractivity contribution in [3.05, 3.63) is 175 Å². The summed E-state index contributed by atoms with van der Waals surface area (Å²) >= 11 is 0. The molecule has 0 N–H and O–H groups in total. The molecule has 0 unspecified atom stereocenters.